The zero-order valence-electron chi connectivity index (χ0n) is 25.7. The van der Waals surface area contributed by atoms with Gasteiger partial charge in [0.05, 0.1) is 0 Å². The number of aromatic nitrogens is 2. The van der Waals surface area contributed by atoms with E-state index >= 15 is 0 Å². The molecule has 6 rings (SSSR count). The minimum Gasteiger partial charge on any atom is -0.326 e. The normalized spacial score (nSPS) is 14.4. The first kappa shape index (κ1) is 29.7. The van der Waals surface area contributed by atoms with Crippen molar-refractivity contribution in [1.82, 2.24) is 15.3 Å². The van der Waals surface area contributed by atoms with Crippen LogP contribution in [0.25, 0.3) is 11.1 Å². The summed E-state index contributed by atoms with van der Waals surface area (Å²) >= 11 is 0. The highest BCUT2D eigenvalue weighted by atomic mass is 16.2. The second-order valence-corrected chi connectivity index (χ2v) is 11.9. The third-order valence-electron chi connectivity index (χ3n) is 8.78. The summed E-state index contributed by atoms with van der Waals surface area (Å²) in [6, 6.07) is 15.6. The van der Waals surface area contributed by atoms with E-state index in [0.717, 1.165) is 77.8 Å². The highest BCUT2D eigenvalue weighted by Gasteiger charge is 2.28. The van der Waals surface area contributed by atoms with E-state index in [9.17, 15) is 9.59 Å². The molecule has 2 aliphatic carbocycles. The molecule has 0 aliphatic heterocycles. The molecule has 2 aliphatic rings. The number of rotatable bonds is 11. The van der Waals surface area contributed by atoms with Crippen LogP contribution in [-0.2, 0) is 13.1 Å². The lowest BCUT2D eigenvalue weighted by molar-refractivity contribution is 0.101. The lowest BCUT2D eigenvalue weighted by atomic mass is 9.94. The Kier molecular flexibility index (Phi) is 8.55. The van der Waals surface area contributed by atoms with Gasteiger partial charge in [-0.05, 0) is 127 Å². The molecule has 0 saturated heterocycles. The number of hydrogen-bond acceptors (Lipinski definition) is 6. The van der Waals surface area contributed by atoms with Crippen molar-refractivity contribution in [2.75, 3.05) is 17.2 Å². The number of carbonyl (C=O) groups excluding carboxylic acids is 2. The Bertz CT molecular complexity index is 1720. The lowest BCUT2D eigenvalue weighted by Crippen LogP contribution is -2.17. The summed E-state index contributed by atoms with van der Waals surface area (Å²) in [6.07, 6.45) is 8.13. The molecule has 0 atom stereocenters. The van der Waals surface area contributed by atoms with Gasteiger partial charge in [0.15, 0.2) is 0 Å². The smallest absolute Gasteiger partial charge is 0.274 e. The van der Waals surface area contributed by atoms with Gasteiger partial charge in [-0.1, -0.05) is 31.2 Å². The summed E-state index contributed by atoms with van der Waals surface area (Å²) in [5.41, 5.74) is 16.5. The van der Waals surface area contributed by atoms with Gasteiger partial charge in [0, 0.05) is 36.9 Å². The van der Waals surface area contributed by atoms with E-state index in [1.807, 2.05) is 68.6 Å². The Morgan fingerprint density at radius 3 is 1.70 bits per heavy atom. The number of nitrogens with one attached hydrogen (secondary N) is 3. The number of amides is 2. The van der Waals surface area contributed by atoms with Crippen molar-refractivity contribution in [3.63, 3.8) is 0 Å². The van der Waals surface area contributed by atoms with Gasteiger partial charge in [0.2, 0.25) is 0 Å². The van der Waals surface area contributed by atoms with E-state index in [1.54, 1.807) is 6.20 Å². The standard InChI is InChI=1S/C36H40N6O2/c1-4-38-18-26-20-40-34(16-30(26)24-13-14-24)36(44)42-32-10-6-8-28(22(32)3)27-7-5-9-31(21(27)2)41-35(43)33-15-29(23-11-12-23)25(17-37)19-39-33/h5-10,15-16,19-20,23-24,38H,4,11-14,17-18,37H2,1-3H3,(H,41,43)(H,42,44). The summed E-state index contributed by atoms with van der Waals surface area (Å²) in [6.45, 7) is 8.14. The number of nitrogens with zero attached hydrogens (tertiary/aromatic N) is 2. The Labute approximate surface area is 258 Å². The van der Waals surface area contributed by atoms with E-state index in [4.69, 9.17) is 5.73 Å². The minimum absolute atomic E-state index is 0.224. The molecule has 2 saturated carbocycles. The molecular weight excluding hydrogens is 548 g/mol. The molecule has 2 aromatic carbocycles. The average Bonchev–Trinajstić information content (AvgIpc) is 3.96. The molecule has 2 aromatic heterocycles. The van der Waals surface area contributed by atoms with Gasteiger partial charge in [0.1, 0.15) is 11.4 Å². The quantitative estimate of drug-likeness (QED) is 0.157. The molecule has 0 bridgehead atoms. The molecule has 226 valence electrons. The molecule has 5 N–H and O–H groups in total. The van der Waals surface area contributed by atoms with Gasteiger partial charge in [0.25, 0.3) is 11.8 Å². The molecule has 0 spiro atoms. The predicted molar refractivity (Wildman–Crippen MR) is 175 cm³/mol. The van der Waals surface area contributed by atoms with E-state index < -0.39 is 0 Å². The van der Waals surface area contributed by atoms with E-state index in [0.29, 0.717) is 35.5 Å². The summed E-state index contributed by atoms with van der Waals surface area (Å²) in [7, 11) is 0. The first-order chi connectivity index (χ1) is 21.4. The third-order valence-corrected chi connectivity index (χ3v) is 8.78. The van der Waals surface area contributed by atoms with Crippen LogP contribution in [0.5, 0.6) is 0 Å². The monoisotopic (exact) mass is 588 g/mol. The third kappa shape index (κ3) is 6.27. The molecule has 0 unspecified atom stereocenters. The summed E-state index contributed by atoms with van der Waals surface area (Å²) in [5.74, 6) is 0.518. The fourth-order valence-corrected chi connectivity index (χ4v) is 5.87. The summed E-state index contributed by atoms with van der Waals surface area (Å²) < 4.78 is 0. The topological polar surface area (TPSA) is 122 Å². The average molecular weight is 589 g/mol. The highest BCUT2D eigenvalue weighted by Crippen LogP contribution is 2.43. The summed E-state index contributed by atoms with van der Waals surface area (Å²) in [5, 5.41) is 9.54. The van der Waals surface area contributed by atoms with Crippen LogP contribution in [0, 0.1) is 13.8 Å². The van der Waals surface area contributed by atoms with Gasteiger partial charge in [-0.25, -0.2) is 0 Å². The second kappa shape index (κ2) is 12.7. The van der Waals surface area contributed by atoms with E-state index in [1.165, 1.54) is 11.1 Å². The van der Waals surface area contributed by atoms with Crippen molar-refractivity contribution in [1.29, 1.82) is 0 Å². The highest BCUT2D eigenvalue weighted by molar-refractivity contribution is 6.05. The molecule has 2 amide bonds. The van der Waals surface area contributed by atoms with Gasteiger partial charge in [-0.15, -0.1) is 0 Å². The van der Waals surface area contributed by atoms with Crippen LogP contribution in [0.15, 0.2) is 60.9 Å². The Morgan fingerprint density at radius 1 is 0.773 bits per heavy atom. The molecular formula is C36H40N6O2. The van der Waals surface area contributed by atoms with Crippen molar-refractivity contribution in [3.05, 3.63) is 106 Å². The lowest BCUT2D eigenvalue weighted by Gasteiger charge is -2.17. The fourth-order valence-electron chi connectivity index (χ4n) is 5.87. The maximum atomic E-state index is 13.4. The number of hydrogen-bond donors (Lipinski definition) is 4. The van der Waals surface area contributed by atoms with E-state index in [2.05, 4.69) is 32.8 Å². The van der Waals surface area contributed by atoms with Crippen LogP contribution >= 0.6 is 0 Å². The number of anilines is 2. The van der Waals surface area contributed by atoms with Crippen LogP contribution in [0.4, 0.5) is 11.4 Å². The van der Waals surface area contributed by atoms with Gasteiger partial charge < -0.3 is 21.7 Å². The Morgan fingerprint density at radius 2 is 1.25 bits per heavy atom. The van der Waals surface area contributed by atoms with Crippen LogP contribution in [0.2, 0.25) is 0 Å². The van der Waals surface area contributed by atoms with Crippen molar-refractivity contribution < 1.29 is 9.59 Å². The SMILES string of the molecule is CCNCc1cnc(C(=O)Nc2cccc(-c3cccc(NC(=O)c4cc(C5CC5)c(CN)cn4)c3C)c2C)cc1C1CC1. The van der Waals surface area contributed by atoms with Gasteiger partial charge in [-0.3, -0.25) is 19.6 Å². The second-order valence-electron chi connectivity index (χ2n) is 11.9. The molecule has 44 heavy (non-hydrogen) atoms. The van der Waals surface area contributed by atoms with Crippen LogP contribution in [0.1, 0.15) is 98.8 Å². The largest absolute Gasteiger partial charge is 0.326 e. The van der Waals surface area contributed by atoms with E-state index in [-0.39, 0.29) is 11.8 Å². The maximum absolute atomic E-state index is 13.4. The molecule has 0 radical (unpaired) electrons. The molecule has 2 fully saturated rings. The Balaban J connectivity index is 1.22. The number of pyridine rings is 2. The van der Waals surface area contributed by atoms with Gasteiger partial charge >= 0.3 is 0 Å². The Hall–Kier alpha value is -4.40. The molecule has 8 heteroatoms. The van der Waals surface area contributed by atoms with Crippen molar-refractivity contribution >= 4 is 23.2 Å². The zero-order valence-corrected chi connectivity index (χ0v) is 25.7. The number of carbonyl (C=O) groups is 2. The van der Waals surface area contributed by atoms with Gasteiger partial charge in [-0.2, -0.15) is 0 Å². The zero-order chi connectivity index (χ0) is 30.8. The predicted octanol–water partition coefficient (Wildman–Crippen LogP) is 6.59. The first-order valence-corrected chi connectivity index (χ1v) is 15.6. The minimum atomic E-state index is -0.247. The summed E-state index contributed by atoms with van der Waals surface area (Å²) in [4.78, 5) is 35.6. The van der Waals surface area contributed by atoms with Crippen molar-refractivity contribution in [2.45, 2.75) is 71.4 Å². The molecule has 2 heterocycles. The van der Waals surface area contributed by atoms with Crippen LogP contribution < -0.4 is 21.7 Å². The van der Waals surface area contributed by atoms with Crippen LogP contribution in [-0.4, -0.2) is 28.3 Å². The number of benzene rings is 2. The number of nitrogens with two attached hydrogens (primary N) is 1. The maximum Gasteiger partial charge on any atom is 0.274 e. The first-order valence-electron chi connectivity index (χ1n) is 15.6. The molecule has 4 aromatic rings. The van der Waals surface area contributed by atoms with Crippen molar-refractivity contribution in [2.24, 2.45) is 5.73 Å². The fraction of sp³-hybridized carbons (Fsp3) is 0.333. The van der Waals surface area contributed by atoms with Crippen molar-refractivity contribution in [3.8, 4) is 11.1 Å². The molecule has 8 nitrogen and oxygen atoms in total. The van der Waals surface area contributed by atoms with Crippen LogP contribution in [0.3, 0.4) is 0 Å².